The molecule has 2 aliphatic heterocycles. The maximum Gasteiger partial charge on any atom is 0.249 e. The first-order valence-corrected chi connectivity index (χ1v) is 27.5. The zero-order valence-corrected chi connectivity index (χ0v) is 42.3. The van der Waals surface area contributed by atoms with E-state index in [2.05, 4.69) is 19.2 Å². The minimum atomic E-state index is -1.87. The van der Waals surface area contributed by atoms with Crippen LogP contribution in [0.4, 0.5) is 0 Å². The number of hydrogen-bond donors (Lipinski definition) is 11. The molecule has 404 valence electrons. The summed E-state index contributed by atoms with van der Waals surface area (Å²) in [6, 6.07) is -1.31. The fourth-order valence-electron chi connectivity index (χ4n) is 9.38. The largest absolute Gasteiger partial charge is 0.394 e. The number of aliphatic hydroxyl groups is 10. The molecule has 0 radical (unpaired) electrons. The average molecular weight is 980 g/mol. The van der Waals surface area contributed by atoms with Gasteiger partial charge in [-0.15, -0.1) is 0 Å². The zero-order valence-electron chi connectivity index (χ0n) is 42.3. The van der Waals surface area contributed by atoms with Crippen LogP contribution in [-0.2, 0) is 23.7 Å². The van der Waals surface area contributed by atoms with Crippen LogP contribution < -0.4 is 5.32 Å². The van der Waals surface area contributed by atoms with Crippen LogP contribution >= 0.6 is 0 Å². The van der Waals surface area contributed by atoms with Crippen LogP contribution in [0.25, 0.3) is 0 Å². The summed E-state index contributed by atoms with van der Waals surface area (Å²) in [6.45, 7) is 2.40. The number of amides is 1. The Hall–Kier alpha value is -1.09. The van der Waals surface area contributed by atoms with Crippen molar-refractivity contribution in [2.75, 3.05) is 19.8 Å². The van der Waals surface area contributed by atoms with Gasteiger partial charge in [0, 0.05) is 0 Å². The Morgan fingerprint density at radius 1 is 0.485 bits per heavy atom. The number of nitrogens with one attached hydrogen (secondary N) is 1. The second-order valence-electron chi connectivity index (χ2n) is 20.0. The van der Waals surface area contributed by atoms with Gasteiger partial charge in [-0.2, -0.15) is 0 Å². The lowest BCUT2D eigenvalue weighted by Crippen LogP contribution is -2.65. The van der Waals surface area contributed by atoms with Gasteiger partial charge in [0.15, 0.2) is 12.6 Å². The lowest BCUT2D eigenvalue weighted by atomic mass is 9.97. The molecule has 2 saturated heterocycles. The van der Waals surface area contributed by atoms with Crippen LogP contribution in [0, 0.1) is 0 Å². The first-order chi connectivity index (χ1) is 32.9. The Balaban J connectivity index is 1.92. The number of unbranched alkanes of at least 4 members (excludes halogenated alkanes) is 28. The fraction of sp³-hybridized carbons (Fsp3) is 0.981. The standard InChI is InChI=1S/C52H101NO15/c1-3-5-7-9-11-13-15-17-18-19-20-21-22-24-26-28-30-32-34-40(57)50(64)53-38(43(58)39(56)33-31-29-27-25-23-16-14-12-10-8-6-4-2)37-65-52-49(47(62)45(60)42(36-55)67-52)68-51-48(63)46(61)44(59)41(35-54)66-51/h38-49,51-52,54-63H,3-37H2,1-2H3,(H,53,64)/t38-,39+,40+,41+,42+,43-,44-,45-,46-,47-,48+,49+,51?,52-/m0/s1. The van der Waals surface area contributed by atoms with Gasteiger partial charge < -0.3 is 75.3 Å². The van der Waals surface area contributed by atoms with E-state index in [0.717, 1.165) is 51.4 Å². The van der Waals surface area contributed by atoms with Crippen molar-refractivity contribution in [1.29, 1.82) is 0 Å². The molecule has 2 aliphatic rings. The van der Waals surface area contributed by atoms with Crippen molar-refractivity contribution in [2.24, 2.45) is 0 Å². The van der Waals surface area contributed by atoms with Gasteiger partial charge in [-0.25, -0.2) is 0 Å². The molecule has 0 aliphatic carbocycles. The molecule has 2 rings (SSSR count). The summed E-state index contributed by atoms with van der Waals surface area (Å²) < 4.78 is 22.9. The number of carbonyl (C=O) groups is 1. The highest BCUT2D eigenvalue weighted by Gasteiger charge is 2.51. The second-order valence-corrected chi connectivity index (χ2v) is 20.0. The average Bonchev–Trinajstić information content (AvgIpc) is 3.34. The van der Waals surface area contributed by atoms with E-state index in [9.17, 15) is 55.9 Å². The van der Waals surface area contributed by atoms with E-state index in [0.29, 0.717) is 12.8 Å². The molecule has 14 atom stereocenters. The molecule has 0 aromatic heterocycles. The number of hydrogen-bond acceptors (Lipinski definition) is 15. The molecule has 16 heteroatoms. The summed E-state index contributed by atoms with van der Waals surface area (Å²) in [5.41, 5.74) is 0. The molecule has 0 saturated carbocycles. The van der Waals surface area contributed by atoms with E-state index in [1.54, 1.807) is 0 Å². The van der Waals surface area contributed by atoms with Gasteiger partial charge in [-0.05, 0) is 12.8 Å². The molecule has 1 amide bonds. The van der Waals surface area contributed by atoms with Gasteiger partial charge >= 0.3 is 0 Å². The van der Waals surface area contributed by atoms with Crippen LogP contribution in [-0.4, -0.2) is 163 Å². The molecular weight excluding hydrogens is 879 g/mol. The molecule has 1 unspecified atom stereocenters. The molecular formula is C52H101NO15. The quantitative estimate of drug-likeness (QED) is 0.0327. The van der Waals surface area contributed by atoms with Gasteiger partial charge in [0.1, 0.15) is 61.0 Å². The van der Waals surface area contributed by atoms with E-state index in [1.807, 2.05) is 0 Å². The fourth-order valence-corrected chi connectivity index (χ4v) is 9.38. The Morgan fingerprint density at radius 3 is 1.26 bits per heavy atom. The molecule has 0 aromatic rings. The highest BCUT2D eigenvalue weighted by atomic mass is 16.8. The van der Waals surface area contributed by atoms with Crippen LogP contribution in [0.1, 0.15) is 219 Å². The Kier molecular flexibility index (Phi) is 36.6. The van der Waals surface area contributed by atoms with E-state index in [4.69, 9.17) is 18.9 Å². The minimum Gasteiger partial charge on any atom is -0.394 e. The maximum atomic E-state index is 13.4. The predicted octanol–water partition coefficient (Wildman–Crippen LogP) is 5.72. The molecule has 16 nitrogen and oxygen atoms in total. The van der Waals surface area contributed by atoms with Gasteiger partial charge in [0.05, 0.1) is 32.0 Å². The molecule has 0 aromatic carbocycles. The highest BCUT2D eigenvalue weighted by Crippen LogP contribution is 2.30. The number of ether oxygens (including phenoxy) is 4. The molecule has 2 heterocycles. The van der Waals surface area contributed by atoms with Crippen LogP contribution in [0.5, 0.6) is 0 Å². The number of aliphatic hydroxyl groups excluding tert-OH is 10. The first kappa shape index (κ1) is 63.0. The SMILES string of the molecule is CCCCCCCCCCCCCCCCCCCC[C@@H](O)C(=O)N[C@@H](CO[C@H]1O[C@H](CO)[C@H](O)[C@H](O)[C@H]1OC1O[C@H](CO)[C@H](O)[C@H](O)[C@H]1O)[C@H](O)[C@H](O)CCCCCCCCCCCCCC. The first-order valence-electron chi connectivity index (χ1n) is 27.5. The van der Waals surface area contributed by atoms with Gasteiger partial charge in [0.25, 0.3) is 0 Å². The summed E-state index contributed by atoms with van der Waals surface area (Å²) in [5, 5.41) is 109. The van der Waals surface area contributed by atoms with Crippen molar-refractivity contribution in [3.8, 4) is 0 Å². The number of rotatable bonds is 43. The van der Waals surface area contributed by atoms with Crippen molar-refractivity contribution in [3.63, 3.8) is 0 Å². The van der Waals surface area contributed by atoms with E-state index in [1.165, 1.54) is 128 Å². The molecule has 2 fully saturated rings. The Morgan fingerprint density at radius 2 is 0.853 bits per heavy atom. The third kappa shape index (κ3) is 25.5. The monoisotopic (exact) mass is 980 g/mol. The lowest BCUT2D eigenvalue weighted by Gasteiger charge is -2.46. The van der Waals surface area contributed by atoms with Crippen LogP contribution in [0.2, 0.25) is 0 Å². The Labute approximate surface area is 409 Å². The van der Waals surface area contributed by atoms with Crippen molar-refractivity contribution in [1.82, 2.24) is 5.32 Å². The molecule has 68 heavy (non-hydrogen) atoms. The van der Waals surface area contributed by atoms with E-state index < -0.39 is 111 Å². The summed E-state index contributed by atoms with van der Waals surface area (Å²) in [7, 11) is 0. The summed E-state index contributed by atoms with van der Waals surface area (Å²) in [5.74, 6) is -0.774. The second kappa shape index (κ2) is 39.4. The normalized spacial score (nSPS) is 27.2. The topological polar surface area (TPSA) is 268 Å². The summed E-state index contributed by atoms with van der Waals surface area (Å²) in [6.07, 6.45) is 14.9. The van der Waals surface area contributed by atoms with Gasteiger partial charge in [-0.1, -0.05) is 206 Å². The molecule has 0 bridgehead atoms. The minimum absolute atomic E-state index is 0.193. The van der Waals surface area contributed by atoms with Crippen molar-refractivity contribution < 1.29 is 74.8 Å². The van der Waals surface area contributed by atoms with E-state index >= 15 is 0 Å². The molecule has 11 N–H and O–H groups in total. The smallest absolute Gasteiger partial charge is 0.249 e. The third-order valence-corrected chi connectivity index (χ3v) is 14.0. The highest BCUT2D eigenvalue weighted by molar-refractivity contribution is 5.80. The van der Waals surface area contributed by atoms with Crippen LogP contribution in [0.15, 0.2) is 0 Å². The lowest BCUT2D eigenvalue weighted by molar-refractivity contribution is -0.368. The van der Waals surface area contributed by atoms with Crippen LogP contribution in [0.3, 0.4) is 0 Å². The molecule has 0 spiro atoms. The zero-order chi connectivity index (χ0) is 49.9. The van der Waals surface area contributed by atoms with Gasteiger partial charge in [-0.3, -0.25) is 4.79 Å². The Bertz CT molecular complexity index is 1190. The predicted molar refractivity (Wildman–Crippen MR) is 261 cm³/mol. The van der Waals surface area contributed by atoms with Crippen molar-refractivity contribution in [3.05, 3.63) is 0 Å². The van der Waals surface area contributed by atoms with Crippen molar-refractivity contribution >= 4 is 5.91 Å². The summed E-state index contributed by atoms with van der Waals surface area (Å²) >= 11 is 0. The number of carbonyl (C=O) groups excluding carboxylic acids is 1. The van der Waals surface area contributed by atoms with Gasteiger partial charge in [0.2, 0.25) is 5.91 Å². The third-order valence-electron chi connectivity index (χ3n) is 14.0. The summed E-state index contributed by atoms with van der Waals surface area (Å²) in [4.78, 5) is 13.4. The maximum absolute atomic E-state index is 13.4. The van der Waals surface area contributed by atoms with Crippen molar-refractivity contribution in [2.45, 2.75) is 305 Å². The van der Waals surface area contributed by atoms with E-state index in [-0.39, 0.29) is 12.8 Å².